The molecule has 1 heterocycles. The summed E-state index contributed by atoms with van der Waals surface area (Å²) in [5, 5.41) is 16.9. The maximum Gasteiger partial charge on any atom is 0.308 e. The molecule has 3 aromatic carbocycles. The summed E-state index contributed by atoms with van der Waals surface area (Å²) in [5.74, 6) is -6.91. The van der Waals surface area contributed by atoms with Gasteiger partial charge in [-0.25, -0.2) is 0 Å². The van der Waals surface area contributed by atoms with Crippen molar-refractivity contribution >= 4 is 71.1 Å². The Labute approximate surface area is 558 Å². The van der Waals surface area contributed by atoms with E-state index < -0.39 is 53.4 Å². The third kappa shape index (κ3) is 32.1. The van der Waals surface area contributed by atoms with Gasteiger partial charge in [0.05, 0.1) is 63.7 Å². The first kappa shape index (κ1) is 79.6. The van der Waals surface area contributed by atoms with E-state index in [-0.39, 0.29) is 187 Å². The van der Waals surface area contributed by atoms with Crippen molar-refractivity contribution in [1.29, 1.82) is 0 Å². The molecule has 96 heavy (non-hydrogen) atoms. The number of ketones is 1. The molecule has 6 amide bonds. The molecule has 31 nitrogen and oxygen atoms in total. The second-order valence-electron chi connectivity index (χ2n) is 22.0. The van der Waals surface area contributed by atoms with Crippen LogP contribution < -0.4 is 61.3 Å². The van der Waals surface area contributed by atoms with Crippen molar-refractivity contribution in [2.45, 2.75) is 67.2 Å². The molecule has 0 aliphatic carbocycles. The zero-order valence-electron chi connectivity index (χ0n) is 55.7. The average molecular weight is 1350 g/mol. The Kier molecular flexibility index (Phi) is 37.1. The number of hydrogen-bond acceptors (Lipinski definition) is 25. The number of hydrogen-bond donors (Lipinski definition) is 7. The summed E-state index contributed by atoms with van der Waals surface area (Å²) < 4.78 is 42.7. The van der Waals surface area contributed by atoms with Crippen LogP contribution >= 0.6 is 0 Å². The van der Waals surface area contributed by atoms with Crippen LogP contribution in [0.1, 0.15) is 96.9 Å². The van der Waals surface area contributed by atoms with E-state index in [0.717, 1.165) is 34.1 Å². The molecule has 8 N–H and O–H groups in total. The normalized spacial score (nSPS) is 13.3. The number of esters is 5. The fourth-order valence-corrected chi connectivity index (χ4v) is 9.46. The molecule has 1 aliphatic rings. The van der Waals surface area contributed by atoms with E-state index in [1.165, 1.54) is 43.3 Å². The number of Topliss-reactive ketones (excluding diaryl/α,β-unsaturated/α-hetero) is 1. The molecular formula is C65H93N11O20. The third-order valence-corrected chi connectivity index (χ3v) is 14.1. The van der Waals surface area contributed by atoms with E-state index in [2.05, 4.69) is 31.9 Å². The van der Waals surface area contributed by atoms with Crippen molar-refractivity contribution in [2.24, 2.45) is 5.73 Å². The van der Waals surface area contributed by atoms with E-state index >= 15 is 0 Å². The zero-order valence-corrected chi connectivity index (χ0v) is 55.7. The van der Waals surface area contributed by atoms with Crippen molar-refractivity contribution in [2.75, 3.05) is 164 Å². The van der Waals surface area contributed by atoms with Crippen LogP contribution in [0.15, 0.2) is 54.6 Å². The van der Waals surface area contributed by atoms with E-state index in [4.69, 9.17) is 43.6 Å². The number of nitrogens with one attached hydrogen (secondary N) is 6. The molecule has 0 bridgehead atoms. The van der Waals surface area contributed by atoms with Crippen LogP contribution in [0, 0.1) is 6.92 Å². The van der Waals surface area contributed by atoms with Gasteiger partial charge in [0.25, 0.3) is 11.8 Å². The van der Waals surface area contributed by atoms with Crippen molar-refractivity contribution in [1.82, 2.24) is 51.5 Å². The van der Waals surface area contributed by atoms with Crippen molar-refractivity contribution < 1.29 is 95.4 Å². The van der Waals surface area contributed by atoms with Gasteiger partial charge in [0.1, 0.15) is 5.75 Å². The molecule has 31 heteroatoms. The molecule has 528 valence electrons. The number of rotatable bonds is 39. The fourth-order valence-electron chi connectivity index (χ4n) is 9.46. The molecule has 0 atom stereocenters. The van der Waals surface area contributed by atoms with E-state index in [1.54, 1.807) is 25.1 Å². The predicted octanol–water partition coefficient (Wildman–Crippen LogP) is -0.0805. The Hall–Kier alpha value is -8.82. The number of nitrogens with two attached hydrogens (primary N) is 1. The summed E-state index contributed by atoms with van der Waals surface area (Å²) in [4.78, 5) is 161. The largest absolute Gasteiger partial charge is 0.426 e. The van der Waals surface area contributed by atoms with E-state index in [0.29, 0.717) is 64.7 Å². The Bertz CT molecular complexity index is 3090. The minimum atomic E-state index is -0.763. The number of benzene rings is 3. The molecule has 0 aromatic heterocycles. The molecule has 0 saturated carbocycles. The van der Waals surface area contributed by atoms with Crippen molar-refractivity contribution in [3.8, 4) is 28.7 Å². The molecule has 0 unspecified atom stereocenters. The van der Waals surface area contributed by atoms with Crippen molar-refractivity contribution in [3.63, 3.8) is 0 Å². The molecule has 1 aliphatic heterocycles. The molecule has 3 aromatic rings. The molecule has 1 fully saturated rings. The highest BCUT2D eigenvalue weighted by Gasteiger charge is 2.25. The average Bonchev–Trinajstić information content (AvgIpc) is 0.851. The van der Waals surface area contributed by atoms with Crippen LogP contribution in [0.4, 0.5) is 0 Å². The number of nitrogens with zero attached hydrogens (tertiary/aromatic N) is 4. The highest BCUT2D eigenvalue weighted by Crippen LogP contribution is 2.34. The van der Waals surface area contributed by atoms with Crippen LogP contribution in [-0.2, 0) is 57.4 Å². The number of carbonyl (C=O) groups is 12. The van der Waals surface area contributed by atoms with Gasteiger partial charge in [-0.1, -0.05) is 18.2 Å². The van der Waals surface area contributed by atoms with Gasteiger partial charge in [0.2, 0.25) is 23.6 Å². The van der Waals surface area contributed by atoms with Crippen LogP contribution in [-0.4, -0.2) is 255 Å². The van der Waals surface area contributed by atoms with Gasteiger partial charge in [-0.15, -0.1) is 0 Å². The van der Waals surface area contributed by atoms with Crippen molar-refractivity contribution in [3.05, 3.63) is 76.9 Å². The first-order valence-electron chi connectivity index (χ1n) is 31.8. The van der Waals surface area contributed by atoms with Gasteiger partial charge in [-0.3, -0.25) is 77.1 Å². The highest BCUT2D eigenvalue weighted by molar-refractivity contribution is 6.01. The zero-order chi connectivity index (χ0) is 70.2. The molecule has 0 spiro atoms. The summed E-state index contributed by atoms with van der Waals surface area (Å²) in [7, 11) is 0. The van der Waals surface area contributed by atoms with Crippen LogP contribution in [0.2, 0.25) is 0 Å². The van der Waals surface area contributed by atoms with Gasteiger partial charge >= 0.3 is 29.8 Å². The number of para-hydroxylation sites is 2. The first-order chi connectivity index (χ1) is 46.0. The summed E-state index contributed by atoms with van der Waals surface area (Å²) in [6.45, 7) is 12.6. The standard InChI is InChI=1S/C65H93N11O20/c1-45-51(13-7-17-55(45)92-46(2)77)64(87)71-25-23-69-60(85)43-76-32-30-74(42-59(84)68-22-12-36-90-38-40-91-39-37-89-35-11-20-66)28-27-73(41-58(83)67-21-10-16-54(82)52-14-8-18-56(93-47(3)78)62(52)95-49(5)80)29-31-75(33-34-76)44-61(86)70-24-26-72-65(88)53-15-9-19-57(94-48(4)79)63(53)96-50(6)81/h7-9,13-15,17-19H,10-12,16,20-44,66H2,1-6H3,(H,67,83)(H,68,84)(H,69,85)(H,70,86)(H,71,87)(H,72,88). The predicted molar refractivity (Wildman–Crippen MR) is 347 cm³/mol. The quantitative estimate of drug-likeness (QED) is 0.0170. The molecule has 1 saturated heterocycles. The molecule has 4 rings (SSSR count). The van der Waals surface area contributed by atoms with Gasteiger partial charge in [0.15, 0.2) is 28.8 Å². The van der Waals surface area contributed by atoms with Gasteiger partial charge in [-0.2, -0.15) is 0 Å². The lowest BCUT2D eigenvalue weighted by molar-refractivity contribution is -0.134. The molecule has 0 radical (unpaired) electrons. The van der Waals surface area contributed by atoms with Crippen LogP contribution in [0.25, 0.3) is 0 Å². The second-order valence-corrected chi connectivity index (χ2v) is 22.0. The first-order valence-corrected chi connectivity index (χ1v) is 31.8. The number of ether oxygens (including phenoxy) is 8. The highest BCUT2D eigenvalue weighted by atomic mass is 16.6. The maximum absolute atomic E-state index is 13.8. The monoisotopic (exact) mass is 1350 g/mol. The molecular weight excluding hydrogens is 1250 g/mol. The lowest BCUT2D eigenvalue weighted by atomic mass is 10.0. The smallest absolute Gasteiger partial charge is 0.308 e. The lowest BCUT2D eigenvalue weighted by Crippen LogP contribution is -2.51. The van der Waals surface area contributed by atoms with Crippen LogP contribution in [0.5, 0.6) is 28.7 Å². The summed E-state index contributed by atoms with van der Waals surface area (Å²) >= 11 is 0. The second kappa shape index (κ2) is 44.8. The summed E-state index contributed by atoms with van der Waals surface area (Å²) in [6, 6.07) is 13.2. The van der Waals surface area contributed by atoms with Gasteiger partial charge in [0, 0.05) is 157 Å². The SMILES string of the molecule is CC(=O)Oc1cccc(C(=O)NCCNC(=O)CN2CCN(CC(=O)NCCCOCCOCCOCCCN)CCN(CC(=O)NCCCC(=O)c3cccc(OC(C)=O)c3OC(C)=O)CCN(CC(=O)NCCNC(=O)c3cccc(OC(C)=O)c3OC(C)=O)CC2)c1C. The topological polar surface area (TPSA) is 390 Å². The third-order valence-electron chi connectivity index (χ3n) is 14.1. The number of carbonyl (C=O) groups excluding carboxylic acids is 12. The summed E-state index contributed by atoms with van der Waals surface area (Å²) in [5.41, 5.74) is 6.15. The van der Waals surface area contributed by atoms with Gasteiger partial charge in [-0.05, 0) is 69.1 Å². The Morgan fingerprint density at radius 1 is 0.375 bits per heavy atom. The Morgan fingerprint density at radius 3 is 1.11 bits per heavy atom. The van der Waals surface area contributed by atoms with E-state index in [1.807, 2.05) is 19.6 Å². The summed E-state index contributed by atoms with van der Waals surface area (Å²) in [6.07, 6.45) is 1.41. The number of amides is 6. The Morgan fingerprint density at radius 2 is 0.698 bits per heavy atom. The minimum absolute atomic E-state index is 0.0137. The Balaban J connectivity index is 1.49. The van der Waals surface area contributed by atoms with E-state index in [9.17, 15) is 57.5 Å². The fraction of sp³-hybridized carbons (Fsp3) is 0.538. The van der Waals surface area contributed by atoms with Crippen LogP contribution in [0.3, 0.4) is 0 Å². The maximum atomic E-state index is 13.8. The lowest BCUT2D eigenvalue weighted by Gasteiger charge is -2.33. The minimum Gasteiger partial charge on any atom is -0.426 e. The van der Waals surface area contributed by atoms with Gasteiger partial charge < -0.3 is 75.5 Å².